The lowest BCUT2D eigenvalue weighted by Gasteiger charge is -2.05. The zero-order chi connectivity index (χ0) is 15.9. The average Bonchev–Trinajstić information content (AvgIpc) is 2.53. The Morgan fingerprint density at radius 2 is 2.14 bits per heavy atom. The fraction of sp³-hybridized carbons (Fsp3) is 0.333. The second kappa shape index (κ2) is 7.65. The summed E-state index contributed by atoms with van der Waals surface area (Å²) in [4.78, 5) is 11.9. The average molecular weight is 318 g/mol. The lowest BCUT2D eigenvalue weighted by atomic mass is 10.2. The van der Waals surface area contributed by atoms with Gasteiger partial charge in [-0.2, -0.15) is 14.9 Å². The molecule has 0 fully saturated rings. The molecule has 0 aliphatic carbocycles. The molecule has 0 bridgehead atoms. The van der Waals surface area contributed by atoms with Gasteiger partial charge in [0.25, 0.3) is 5.56 Å². The first kappa shape index (κ1) is 16.1. The van der Waals surface area contributed by atoms with Crippen molar-refractivity contribution in [2.24, 2.45) is 5.10 Å². The molecule has 0 unspecified atom stereocenters. The van der Waals surface area contributed by atoms with Crippen molar-refractivity contribution in [1.82, 2.24) is 14.9 Å². The number of aromatic nitrogens is 3. The quantitative estimate of drug-likeness (QED) is 0.505. The molecular weight excluding hydrogens is 300 g/mol. The normalized spacial score (nSPS) is 11.0. The minimum Gasteiger partial charge on any atom is -0.494 e. The molecule has 0 radical (unpaired) electrons. The summed E-state index contributed by atoms with van der Waals surface area (Å²) in [6.07, 6.45) is 3.71. The number of hydrogen-bond donors (Lipinski definition) is 1. The number of ether oxygens (including phenoxy) is 1. The van der Waals surface area contributed by atoms with Gasteiger partial charge < -0.3 is 4.74 Å². The van der Waals surface area contributed by atoms with Gasteiger partial charge in [-0.25, -0.2) is 0 Å². The van der Waals surface area contributed by atoms with Gasteiger partial charge in [-0.1, -0.05) is 13.3 Å². The number of H-pyrrole nitrogens is 1. The first-order valence-corrected chi connectivity index (χ1v) is 7.48. The third-order valence-corrected chi connectivity index (χ3v) is 3.25. The van der Waals surface area contributed by atoms with E-state index in [1.807, 2.05) is 24.3 Å². The maximum absolute atomic E-state index is 11.9. The molecule has 1 aromatic heterocycles. The zero-order valence-electron chi connectivity index (χ0n) is 12.6. The molecule has 1 N–H and O–H groups in total. The number of benzene rings is 1. The molecule has 116 valence electrons. The first-order chi connectivity index (χ1) is 10.6. The molecule has 0 atom stereocenters. The largest absolute Gasteiger partial charge is 0.494 e. The number of unbranched alkanes of at least 4 members (excludes halogenated alkanes) is 1. The number of aryl methyl sites for hydroxylation is 1. The summed E-state index contributed by atoms with van der Waals surface area (Å²) in [5, 5.41) is 10.5. The molecule has 7 heteroatoms. The lowest BCUT2D eigenvalue weighted by molar-refractivity contribution is 0.309. The van der Waals surface area contributed by atoms with Gasteiger partial charge in [-0.3, -0.25) is 9.89 Å². The molecule has 22 heavy (non-hydrogen) atoms. The second-order valence-corrected chi connectivity index (χ2v) is 5.13. The van der Waals surface area contributed by atoms with E-state index in [0.717, 1.165) is 28.8 Å². The Labute approximate surface area is 133 Å². The standard InChI is InChI=1S/C15H18N4O2S/c1-3-4-9-21-13-7-5-12(6-8-13)10-16-19-14(20)11(2)17-18-15(19)22/h5-8,10H,3-4,9H2,1-2H3,(H,18,22)/b16-10+. The maximum Gasteiger partial charge on any atom is 0.296 e. The number of rotatable bonds is 6. The SMILES string of the molecule is CCCCOc1ccc(/C=N/n2c(=S)[nH]nc(C)c2=O)cc1. The van der Waals surface area contributed by atoms with Crippen LogP contribution < -0.4 is 10.3 Å². The Hall–Kier alpha value is -2.28. The van der Waals surface area contributed by atoms with Crippen molar-refractivity contribution in [1.29, 1.82) is 0 Å². The summed E-state index contributed by atoms with van der Waals surface area (Å²) in [6, 6.07) is 7.49. The van der Waals surface area contributed by atoms with E-state index in [9.17, 15) is 4.79 Å². The molecular formula is C15H18N4O2S. The van der Waals surface area contributed by atoms with Gasteiger partial charge in [0.2, 0.25) is 4.77 Å². The smallest absolute Gasteiger partial charge is 0.296 e. The van der Waals surface area contributed by atoms with E-state index < -0.39 is 0 Å². The van der Waals surface area contributed by atoms with Crippen molar-refractivity contribution in [2.75, 3.05) is 6.61 Å². The van der Waals surface area contributed by atoms with Crippen LogP contribution in [0.3, 0.4) is 0 Å². The number of aromatic amines is 1. The zero-order valence-corrected chi connectivity index (χ0v) is 13.4. The molecule has 2 aromatic rings. The van der Waals surface area contributed by atoms with Crippen molar-refractivity contribution < 1.29 is 4.74 Å². The van der Waals surface area contributed by atoms with Gasteiger partial charge in [0.05, 0.1) is 12.8 Å². The summed E-state index contributed by atoms with van der Waals surface area (Å²) >= 11 is 5.01. The van der Waals surface area contributed by atoms with E-state index >= 15 is 0 Å². The molecule has 6 nitrogen and oxygen atoms in total. The predicted molar refractivity (Wildman–Crippen MR) is 88.3 cm³/mol. The van der Waals surface area contributed by atoms with Crippen molar-refractivity contribution >= 4 is 18.4 Å². The van der Waals surface area contributed by atoms with Gasteiger partial charge in [0, 0.05) is 0 Å². The van der Waals surface area contributed by atoms with E-state index in [-0.39, 0.29) is 10.3 Å². The topological polar surface area (TPSA) is 72.3 Å². The van der Waals surface area contributed by atoms with Crippen LogP contribution in [0.25, 0.3) is 0 Å². The van der Waals surface area contributed by atoms with Crippen LogP contribution in [0.15, 0.2) is 34.2 Å². The van der Waals surface area contributed by atoms with E-state index in [1.54, 1.807) is 13.1 Å². The van der Waals surface area contributed by atoms with Gasteiger partial charge in [0.15, 0.2) is 0 Å². The summed E-state index contributed by atoms with van der Waals surface area (Å²) in [7, 11) is 0. The predicted octanol–water partition coefficient (Wildman–Crippen LogP) is 2.67. The maximum atomic E-state index is 11.9. The van der Waals surface area contributed by atoms with Crippen LogP contribution in [0.5, 0.6) is 5.75 Å². The van der Waals surface area contributed by atoms with E-state index in [4.69, 9.17) is 17.0 Å². The van der Waals surface area contributed by atoms with Crippen molar-refractivity contribution in [3.63, 3.8) is 0 Å². The third-order valence-electron chi connectivity index (χ3n) is 2.98. The molecule has 1 aromatic carbocycles. The first-order valence-electron chi connectivity index (χ1n) is 7.07. The Balaban J connectivity index is 2.13. The summed E-state index contributed by atoms with van der Waals surface area (Å²) in [6.45, 7) is 4.43. The Bertz CT molecular complexity index is 762. The molecule has 0 aliphatic rings. The summed E-state index contributed by atoms with van der Waals surface area (Å²) in [5.74, 6) is 0.819. The van der Waals surface area contributed by atoms with Crippen LogP contribution >= 0.6 is 12.2 Å². The van der Waals surface area contributed by atoms with Gasteiger partial charge in [-0.15, -0.1) is 0 Å². The van der Waals surface area contributed by atoms with E-state index in [0.29, 0.717) is 12.3 Å². The lowest BCUT2D eigenvalue weighted by Crippen LogP contribution is -2.22. The van der Waals surface area contributed by atoms with Gasteiger partial charge >= 0.3 is 0 Å². The molecule has 0 saturated heterocycles. The number of hydrogen-bond acceptors (Lipinski definition) is 5. The van der Waals surface area contributed by atoms with Crippen LogP contribution in [0.2, 0.25) is 0 Å². The summed E-state index contributed by atoms with van der Waals surface area (Å²) in [5.41, 5.74) is 0.823. The molecule has 0 spiro atoms. The highest BCUT2D eigenvalue weighted by Gasteiger charge is 2.01. The molecule has 0 amide bonds. The van der Waals surface area contributed by atoms with Crippen molar-refractivity contribution in [2.45, 2.75) is 26.7 Å². The van der Waals surface area contributed by atoms with Crippen LogP contribution in [0.1, 0.15) is 31.0 Å². The fourth-order valence-electron chi connectivity index (χ4n) is 1.69. The minimum atomic E-state index is -0.334. The fourth-order valence-corrected chi connectivity index (χ4v) is 1.86. The van der Waals surface area contributed by atoms with Crippen LogP contribution in [0.4, 0.5) is 0 Å². The molecule has 1 heterocycles. The highest BCUT2D eigenvalue weighted by molar-refractivity contribution is 7.71. The van der Waals surface area contributed by atoms with E-state index in [1.165, 1.54) is 0 Å². The highest BCUT2D eigenvalue weighted by atomic mass is 32.1. The number of nitrogens with zero attached hydrogens (tertiary/aromatic N) is 3. The van der Waals surface area contributed by atoms with Crippen molar-refractivity contribution in [3.05, 3.63) is 50.6 Å². The van der Waals surface area contributed by atoms with Gasteiger partial charge in [-0.05, 0) is 55.4 Å². The molecule has 0 aliphatic heterocycles. The van der Waals surface area contributed by atoms with Crippen molar-refractivity contribution in [3.8, 4) is 5.75 Å². The van der Waals surface area contributed by atoms with Gasteiger partial charge in [0.1, 0.15) is 11.4 Å². The second-order valence-electron chi connectivity index (χ2n) is 4.75. The van der Waals surface area contributed by atoms with Crippen LogP contribution in [0, 0.1) is 11.7 Å². The molecule has 2 rings (SSSR count). The number of nitrogens with one attached hydrogen (secondary N) is 1. The monoisotopic (exact) mass is 318 g/mol. The van der Waals surface area contributed by atoms with Crippen LogP contribution in [-0.2, 0) is 0 Å². The minimum absolute atomic E-state index is 0.159. The Morgan fingerprint density at radius 3 is 2.82 bits per heavy atom. The molecule has 0 saturated carbocycles. The van der Waals surface area contributed by atoms with Crippen LogP contribution in [-0.4, -0.2) is 27.7 Å². The third kappa shape index (κ3) is 4.11. The van der Waals surface area contributed by atoms with E-state index in [2.05, 4.69) is 22.2 Å². The Kier molecular flexibility index (Phi) is 5.60. The highest BCUT2D eigenvalue weighted by Crippen LogP contribution is 2.11. The Morgan fingerprint density at radius 1 is 1.41 bits per heavy atom. The summed E-state index contributed by atoms with van der Waals surface area (Å²) < 4.78 is 6.86.